The molecule has 1 aliphatic rings. The van der Waals surface area contributed by atoms with Gasteiger partial charge in [-0.3, -0.25) is 4.79 Å². The molecule has 4 nitrogen and oxygen atoms in total. The highest BCUT2D eigenvalue weighted by atomic mass is 16.1. The number of nitrogens with zero attached hydrogens (tertiary/aromatic N) is 1. The molecule has 1 aromatic heterocycles. The number of aromatic amines is 1. The van der Waals surface area contributed by atoms with Crippen LogP contribution in [0.1, 0.15) is 30.1 Å². The standard InChI is InChI=1S/C13H15N3O/c1-13(4-5-13)7-14-12(17)9-2-3-10-11(6-9)16-8-15-10/h2-3,6,8H,4-5,7H2,1H3,(H,14,17)(H,15,16). The molecule has 2 N–H and O–H groups in total. The van der Waals surface area contributed by atoms with Gasteiger partial charge in [0.05, 0.1) is 17.4 Å². The molecular formula is C13H15N3O. The Morgan fingerprint density at radius 3 is 3.12 bits per heavy atom. The lowest BCUT2D eigenvalue weighted by Gasteiger charge is -2.09. The van der Waals surface area contributed by atoms with Gasteiger partial charge in [0.2, 0.25) is 0 Å². The highest BCUT2D eigenvalue weighted by Gasteiger charge is 2.37. The van der Waals surface area contributed by atoms with Crippen molar-refractivity contribution in [3.63, 3.8) is 0 Å². The fourth-order valence-corrected chi connectivity index (χ4v) is 1.86. The second kappa shape index (κ2) is 3.58. The van der Waals surface area contributed by atoms with E-state index in [0.717, 1.165) is 17.6 Å². The predicted octanol–water partition coefficient (Wildman–Crippen LogP) is 2.09. The molecule has 1 saturated carbocycles. The van der Waals surface area contributed by atoms with Gasteiger partial charge in [0.25, 0.3) is 5.91 Å². The molecule has 1 amide bonds. The lowest BCUT2D eigenvalue weighted by molar-refractivity contribution is 0.0946. The highest BCUT2D eigenvalue weighted by Crippen LogP contribution is 2.44. The van der Waals surface area contributed by atoms with Crippen molar-refractivity contribution in [3.05, 3.63) is 30.1 Å². The first-order valence-corrected chi connectivity index (χ1v) is 5.88. The minimum atomic E-state index is -0.00498. The Bertz CT molecular complexity index is 569. The molecule has 0 spiro atoms. The van der Waals surface area contributed by atoms with Crippen molar-refractivity contribution < 1.29 is 4.79 Å². The van der Waals surface area contributed by atoms with Crippen LogP contribution in [0.4, 0.5) is 0 Å². The average molecular weight is 229 g/mol. The third-order valence-electron chi connectivity index (χ3n) is 3.46. The van der Waals surface area contributed by atoms with E-state index in [2.05, 4.69) is 22.2 Å². The molecular weight excluding hydrogens is 214 g/mol. The summed E-state index contributed by atoms with van der Waals surface area (Å²) in [6.45, 7) is 2.97. The number of hydrogen-bond donors (Lipinski definition) is 2. The van der Waals surface area contributed by atoms with E-state index < -0.39 is 0 Å². The first kappa shape index (κ1) is 10.3. The number of imidazole rings is 1. The molecule has 1 fully saturated rings. The zero-order chi connectivity index (χ0) is 11.9. The zero-order valence-electron chi connectivity index (χ0n) is 9.79. The van der Waals surface area contributed by atoms with E-state index in [4.69, 9.17) is 0 Å². The number of fused-ring (bicyclic) bond motifs is 1. The Kier molecular flexibility index (Phi) is 2.18. The summed E-state index contributed by atoms with van der Waals surface area (Å²) < 4.78 is 0. The molecule has 2 aromatic rings. The topological polar surface area (TPSA) is 57.8 Å². The zero-order valence-corrected chi connectivity index (χ0v) is 9.79. The van der Waals surface area contributed by atoms with Crippen LogP contribution in [0.3, 0.4) is 0 Å². The number of aromatic nitrogens is 2. The molecule has 17 heavy (non-hydrogen) atoms. The Hall–Kier alpha value is -1.84. The molecule has 3 rings (SSSR count). The van der Waals surface area contributed by atoms with Gasteiger partial charge < -0.3 is 10.3 Å². The van der Waals surface area contributed by atoms with Crippen molar-refractivity contribution in [2.24, 2.45) is 5.41 Å². The first-order chi connectivity index (χ1) is 8.16. The number of carbonyl (C=O) groups is 1. The van der Waals surface area contributed by atoms with Crippen molar-refractivity contribution in [1.82, 2.24) is 15.3 Å². The monoisotopic (exact) mass is 229 g/mol. The summed E-state index contributed by atoms with van der Waals surface area (Å²) >= 11 is 0. The SMILES string of the molecule is CC1(CNC(=O)c2ccc3nc[nH]c3c2)CC1. The van der Waals surface area contributed by atoms with Crippen molar-refractivity contribution >= 4 is 16.9 Å². The molecule has 0 saturated heterocycles. The minimum Gasteiger partial charge on any atom is -0.351 e. The summed E-state index contributed by atoms with van der Waals surface area (Å²) in [5, 5.41) is 2.99. The van der Waals surface area contributed by atoms with Crippen molar-refractivity contribution in [2.45, 2.75) is 19.8 Å². The quantitative estimate of drug-likeness (QED) is 0.846. The summed E-state index contributed by atoms with van der Waals surface area (Å²) in [6, 6.07) is 5.51. The first-order valence-electron chi connectivity index (χ1n) is 5.88. The van der Waals surface area contributed by atoms with Crippen molar-refractivity contribution in [1.29, 1.82) is 0 Å². The summed E-state index contributed by atoms with van der Waals surface area (Å²) in [5.74, 6) is -0.00498. The molecule has 0 aliphatic heterocycles. The number of rotatable bonds is 3. The van der Waals surface area contributed by atoms with Crippen molar-refractivity contribution in [2.75, 3.05) is 6.54 Å². The molecule has 1 heterocycles. The van der Waals surface area contributed by atoms with E-state index in [1.54, 1.807) is 6.33 Å². The van der Waals surface area contributed by atoms with Crippen LogP contribution in [-0.4, -0.2) is 22.4 Å². The van der Waals surface area contributed by atoms with Gasteiger partial charge in [0, 0.05) is 12.1 Å². The molecule has 0 radical (unpaired) electrons. The van der Waals surface area contributed by atoms with E-state index in [-0.39, 0.29) is 5.91 Å². The van der Waals surface area contributed by atoms with E-state index in [0.29, 0.717) is 11.0 Å². The maximum atomic E-state index is 11.9. The van der Waals surface area contributed by atoms with Crippen LogP contribution < -0.4 is 5.32 Å². The number of amides is 1. The largest absolute Gasteiger partial charge is 0.351 e. The fraction of sp³-hybridized carbons (Fsp3) is 0.385. The van der Waals surface area contributed by atoms with Gasteiger partial charge in [0.1, 0.15) is 0 Å². The van der Waals surface area contributed by atoms with Crippen LogP contribution in [0, 0.1) is 5.41 Å². The smallest absolute Gasteiger partial charge is 0.251 e. The molecule has 1 aliphatic carbocycles. The van der Waals surface area contributed by atoms with Gasteiger partial charge in [0.15, 0.2) is 0 Å². The maximum absolute atomic E-state index is 11.9. The molecule has 0 atom stereocenters. The molecule has 4 heteroatoms. The number of carbonyl (C=O) groups excluding carboxylic acids is 1. The summed E-state index contributed by atoms with van der Waals surface area (Å²) in [6.07, 6.45) is 4.07. The normalized spacial score (nSPS) is 17.0. The van der Waals surface area contributed by atoms with Crippen LogP contribution in [0.2, 0.25) is 0 Å². The third kappa shape index (κ3) is 2.02. The Labute approximate surface area is 99.4 Å². The fourth-order valence-electron chi connectivity index (χ4n) is 1.86. The Morgan fingerprint density at radius 1 is 1.53 bits per heavy atom. The van der Waals surface area contributed by atoms with E-state index in [1.807, 2.05) is 18.2 Å². The summed E-state index contributed by atoms with van der Waals surface area (Å²) in [5.41, 5.74) is 2.81. The van der Waals surface area contributed by atoms with Crippen LogP contribution in [0.15, 0.2) is 24.5 Å². The lowest BCUT2D eigenvalue weighted by atomic mass is 10.1. The Morgan fingerprint density at radius 2 is 2.35 bits per heavy atom. The number of nitrogens with one attached hydrogen (secondary N) is 2. The van der Waals surface area contributed by atoms with Gasteiger partial charge >= 0.3 is 0 Å². The lowest BCUT2D eigenvalue weighted by Crippen LogP contribution is -2.28. The molecule has 88 valence electrons. The van der Waals surface area contributed by atoms with E-state index >= 15 is 0 Å². The van der Waals surface area contributed by atoms with Crippen LogP contribution in [-0.2, 0) is 0 Å². The van der Waals surface area contributed by atoms with Gasteiger partial charge in [-0.1, -0.05) is 6.92 Å². The third-order valence-corrected chi connectivity index (χ3v) is 3.46. The van der Waals surface area contributed by atoms with E-state index in [9.17, 15) is 4.79 Å². The van der Waals surface area contributed by atoms with Crippen molar-refractivity contribution in [3.8, 4) is 0 Å². The predicted molar refractivity (Wildman–Crippen MR) is 65.8 cm³/mol. The van der Waals surface area contributed by atoms with Gasteiger partial charge in [-0.15, -0.1) is 0 Å². The van der Waals surface area contributed by atoms with E-state index in [1.165, 1.54) is 12.8 Å². The second-order valence-electron chi connectivity index (χ2n) is 5.13. The maximum Gasteiger partial charge on any atom is 0.251 e. The number of benzene rings is 1. The average Bonchev–Trinajstić information content (AvgIpc) is 2.90. The molecule has 1 aromatic carbocycles. The molecule has 0 bridgehead atoms. The Balaban J connectivity index is 1.75. The number of H-pyrrole nitrogens is 1. The number of hydrogen-bond acceptors (Lipinski definition) is 2. The molecule has 0 unspecified atom stereocenters. The summed E-state index contributed by atoms with van der Waals surface area (Å²) in [7, 11) is 0. The van der Waals surface area contributed by atoms with Crippen LogP contribution in [0.5, 0.6) is 0 Å². The summed E-state index contributed by atoms with van der Waals surface area (Å²) in [4.78, 5) is 19.1. The van der Waals surface area contributed by atoms with Gasteiger partial charge in [-0.05, 0) is 36.5 Å². The van der Waals surface area contributed by atoms with Crippen LogP contribution >= 0.6 is 0 Å². The highest BCUT2D eigenvalue weighted by molar-refractivity contribution is 5.97. The van der Waals surface area contributed by atoms with Crippen LogP contribution in [0.25, 0.3) is 11.0 Å². The second-order valence-corrected chi connectivity index (χ2v) is 5.13. The minimum absolute atomic E-state index is 0.00498. The van der Waals surface area contributed by atoms with Gasteiger partial charge in [-0.2, -0.15) is 0 Å². The van der Waals surface area contributed by atoms with Gasteiger partial charge in [-0.25, -0.2) is 4.98 Å².